The lowest BCUT2D eigenvalue weighted by Gasteiger charge is -2.08. The molecule has 2 nitrogen and oxygen atoms in total. The Bertz CT molecular complexity index is 340. The third kappa shape index (κ3) is 4.59. The average Bonchev–Trinajstić information content (AvgIpc) is 2.36. The number of carbonyl (C=O) groups excluding carboxylic acids is 1. The number of Topliss-reactive ketones (excluding diaryl/α,β-unsaturated/α-hetero) is 1. The molecular formula is C15H22O2. The van der Waals surface area contributed by atoms with Crippen LogP contribution in [-0.2, 0) is 0 Å². The van der Waals surface area contributed by atoms with Crippen LogP contribution >= 0.6 is 0 Å². The van der Waals surface area contributed by atoms with Gasteiger partial charge in [-0.15, -0.1) is 0 Å². The molecule has 0 radical (unpaired) electrons. The monoisotopic (exact) mass is 234 g/mol. The Kier molecular flexibility index (Phi) is 5.75. The lowest BCUT2D eigenvalue weighted by Crippen LogP contribution is -2.05. The maximum atomic E-state index is 11.9. The van der Waals surface area contributed by atoms with Crippen LogP contribution in [0.5, 0.6) is 5.75 Å². The first-order chi connectivity index (χ1) is 8.17. The van der Waals surface area contributed by atoms with Crippen LogP contribution in [0, 0.1) is 5.92 Å². The summed E-state index contributed by atoms with van der Waals surface area (Å²) in [7, 11) is 0. The SMILES string of the molecule is CCCOc1ccc(C(=O)CC(C)CC)cc1. The van der Waals surface area contributed by atoms with Crippen molar-refractivity contribution in [2.45, 2.75) is 40.0 Å². The molecular weight excluding hydrogens is 212 g/mol. The molecule has 0 amide bonds. The summed E-state index contributed by atoms with van der Waals surface area (Å²) in [5, 5.41) is 0. The zero-order chi connectivity index (χ0) is 12.7. The van der Waals surface area contributed by atoms with Gasteiger partial charge in [0.05, 0.1) is 6.61 Å². The van der Waals surface area contributed by atoms with E-state index in [9.17, 15) is 4.79 Å². The van der Waals surface area contributed by atoms with Crippen LogP contribution in [0.15, 0.2) is 24.3 Å². The van der Waals surface area contributed by atoms with Crippen LogP contribution in [0.2, 0.25) is 0 Å². The van der Waals surface area contributed by atoms with Crippen molar-refractivity contribution in [2.24, 2.45) is 5.92 Å². The number of benzene rings is 1. The summed E-state index contributed by atoms with van der Waals surface area (Å²) >= 11 is 0. The molecule has 2 heteroatoms. The van der Waals surface area contributed by atoms with E-state index in [1.165, 1.54) is 0 Å². The molecule has 1 unspecified atom stereocenters. The second kappa shape index (κ2) is 7.10. The van der Waals surface area contributed by atoms with Crippen molar-refractivity contribution in [1.29, 1.82) is 0 Å². The van der Waals surface area contributed by atoms with E-state index in [-0.39, 0.29) is 5.78 Å². The number of ether oxygens (including phenoxy) is 1. The van der Waals surface area contributed by atoms with Gasteiger partial charge in [-0.1, -0.05) is 27.2 Å². The molecule has 1 atom stereocenters. The molecule has 1 rings (SSSR count). The molecule has 0 fully saturated rings. The van der Waals surface area contributed by atoms with E-state index in [1.807, 2.05) is 24.3 Å². The van der Waals surface area contributed by atoms with Gasteiger partial charge >= 0.3 is 0 Å². The van der Waals surface area contributed by atoms with Crippen LogP contribution in [0.1, 0.15) is 50.4 Å². The zero-order valence-electron chi connectivity index (χ0n) is 11.0. The first-order valence-corrected chi connectivity index (χ1v) is 6.43. The molecule has 0 spiro atoms. The second-order valence-electron chi connectivity index (χ2n) is 4.51. The third-order valence-electron chi connectivity index (χ3n) is 2.88. The molecule has 94 valence electrons. The summed E-state index contributed by atoms with van der Waals surface area (Å²) in [6.45, 7) is 7.01. The fraction of sp³-hybridized carbons (Fsp3) is 0.533. The molecule has 0 heterocycles. The first-order valence-electron chi connectivity index (χ1n) is 6.43. The Morgan fingerprint density at radius 3 is 2.41 bits per heavy atom. The zero-order valence-corrected chi connectivity index (χ0v) is 11.0. The lowest BCUT2D eigenvalue weighted by molar-refractivity contribution is 0.0963. The molecule has 0 aromatic heterocycles. The number of carbonyl (C=O) groups is 1. The molecule has 1 aromatic rings. The van der Waals surface area contributed by atoms with E-state index in [2.05, 4.69) is 20.8 Å². The average molecular weight is 234 g/mol. The summed E-state index contributed by atoms with van der Waals surface area (Å²) in [4.78, 5) is 11.9. The quantitative estimate of drug-likeness (QED) is 0.664. The summed E-state index contributed by atoms with van der Waals surface area (Å²) < 4.78 is 5.48. The van der Waals surface area contributed by atoms with E-state index in [0.29, 0.717) is 12.3 Å². The van der Waals surface area contributed by atoms with Gasteiger partial charge in [0.1, 0.15) is 5.75 Å². The summed E-state index contributed by atoms with van der Waals surface area (Å²) in [6.07, 6.45) is 2.67. The van der Waals surface area contributed by atoms with E-state index in [0.717, 1.165) is 30.8 Å². The van der Waals surface area contributed by atoms with Gasteiger partial charge < -0.3 is 4.74 Å². The minimum atomic E-state index is 0.224. The molecule has 0 aliphatic carbocycles. The van der Waals surface area contributed by atoms with Gasteiger partial charge in [-0.2, -0.15) is 0 Å². The maximum Gasteiger partial charge on any atom is 0.163 e. The van der Waals surface area contributed by atoms with Gasteiger partial charge in [0.25, 0.3) is 0 Å². The van der Waals surface area contributed by atoms with Crippen molar-refractivity contribution in [1.82, 2.24) is 0 Å². The van der Waals surface area contributed by atoms with Crippen molar-refractivity contribution >= 4 is 5.78 Å². The fourth-order valence-corrected chi connectivity index (χ4v) is 1.54. The van der Waals surface area contributed by atoms with Crippen molar-refractivity contribution in [3.63, 3.8) is 0 Å². The van der Waals surface area contributed by atoms with E-state index < -0.39 is 0 Å². The van der Waals surface area contributed by atoms with Crippen molar-refractivity contribution in [3.8, 4) is 5.75 Å². The van der Waals surface area contributed by atoms with Crippen molar-refractivity contribution < 1.29 is 9.53 Å². The molecule has 0 saturated carbocycles. The van der Waals surface area contributed by atoms with Crippen LogP contribution in [-0.4, -0.2) is 12.4 Å². The molecule has 17 heavy (non-hydrogen) atoms. The van der Waals surface area contributed by atoms with Gasteiger partial charge in [-0.3, -0.25) is 4.79 Å². The second-order valence-corrected chi connectivity index (χ2v) is 4.51. The highest BCUT2D eigenvalue weighted by Crippen LogP contribution is 2.16. The third-order valence-corrected chi connectivity index (χ3v) is 2.88. The molecule has 1 aromatic carbocycles. The number of hydrogen-bond acceptors (Lipinski definition) is 2. The van der Waals surface area contributed by atoms with Gasteiger partial charge in [-0.05, 0) is 36.6 Å². The Labute approximate surface area is 104 Å². The van der Waals surface area contributed by atoms with Crippen LogP contribution < -0.4 is 4.74 Å². The van der Waals surface area contributed by atoms with Gasteiger partial charge in [-0.25, -0.2) is 0 Å². The number of rotatable bonds is 7. The number of ketones is 1. The molecule has 0 bridgehead atoms. The normalized spacial score (nSPS) is 12.2. The molecule has 0 aliphatic heterocycles. The predicted molar refractivity (Wildman–Crippen MR) is 70.6 cm³/mol. The molecule has 0 N–H and O–H groups in total. The standard InChI is InChI=1S/C15H22O2/c1-4-10-17-14-8-6-13(7-9-14)15(16)11-12(3)5-2/h6-9,12H,4-5,10-11H2,1-3H3. The predicted octanol–water partition coefficient (Wildman–Crippen LogP) is 4.09. The number of hydrogen-bond donors (Lipinski definition) is 0. The summed E-state index contributed by atoms with van der Waals surface area (Å²) in [5.74, 6) is 1.52. The fourth-order valence-electron chi connectivity index (χ4n) is 1.54. The lowest BCUT2D eigenvalue weighted by atomic mass is 9.98. The topological polar surface area (TPSA) is 26.3 Å². The Morgan fingerprint density at radius 2 is 1.88 bits per heavy atom. The maximum absolute atomic E-state index is 11.9. The Morgan fingerprint density at radius 1 is 1.24 bits per heavy atom. The van der Waals surface area contributed by atoms with Gasteiger partial charge in [0.2, 0.25) is 0 Å². The molecule has 0 aliphatic rings. The van der Waals surface area contributed by atoms with Crippen LogP contribution in [0.4, 0.5) is 0 Å². The Balaban J connectivity index is 2.57. The minimum Gasteiger partial charge on any atom is -0.494 e. The smallest absolute Gasteiger partial charge is 0.163 e. The van der Waals surface area contributed by atoms with Crippen molar-refractivity contribution in [3.05, 3.63) is 29.8 Å². The van der Waals surface area contributed by atoms with Crippen molar-refractivity contribution in [2.75, 3.05) is 6.61 Å². The van der Waals surface area contributed by atoms with Crippen LogP contribution in [0.3, 0.4) is 0 Å². The summed E-state index contributed by atoms with van der Waals surface area (Å²) in [5.41, 5.74) is 0.786. The van der Waals surface area contributed by atoms with E-state index in [4.69, 9.17) is 4.74 Å². The van der Waals surface area contributed by atoms with E-state index >= 15 is 0 Å². The minimum absolute atomic E-state index is 0.224. The van der Waals surface area contributed by atoms with Crippen LogP contribution in [0.25, 0.3) is 0 Å². The van der Waals surface area contributed by atoms with Gasteiger partial charge in [0.15, 0.2) is 5.78 Å². The molecule has 0 saturated heterocycles. The highest BCUT2D eigenvalue weighted by atomic mass is 16.5. The summed E-state index contributed by atoms with van der Waals surface area (Å²) in [6, 6.07) is 7.46. The van der Waals surface area contributed by atoms with Gasteiger partial charge in [0, 0.05) is 12.0 Å². The van der Waals surface area contributed by atoms with E-state index in [1.54, 1.807) is 0 Å². The largest absolute Gasteiger partial charge is 0.494 e. The highest BCUT2D eigenvalue weighted by molar-refractivity contribution is 5.96. The Hall–Kier alpha value is -1.31. The highest BCUT2D eigenvalue weighted by Gasteiger charge is 2.09. The first kappa shape index (κ1) is 13.8.